The third-order valence-corrected chi connectivity index (χ3v) is 3.99. The van der Waals surface area contributed by atoms with E-state index >= 15 is 0 Å². The molecule has 1 atom stereocenters. The molecule has 0 saturated carbocycles. The van der Waals surface area contributed by atoms with Gasteiger partial charge < -0.3 is 10.0 Å². The molecule has 0 bridgehead atoms. The molecule has 1 aromatic rings. The molecule has 0 spiro atoms. The first-order valence-corrected chi connectivity index (χ1v) is 7.31. The van der Waals surface area contributed by atoms with Gasteiger partial charge in [-0.15, -0.1) is 0 Å². The van der Waals surface area contributed by atoms with Gasteiger partial charge in [0.25, 0.3) is 5.69 Å². The topological polar surface area (TPSA) is 83.7 Å². The van der Waals surface area contributed by atoms with Crippen LogP contribution in [0.2, 0.25) is 0 Å². The van der Waals surface area contributed by atoms with Crippen LogP contribution < -0.4 is 4.90 Å². The van der Waals surface area contributed by atoms with Gasteiger partial charge in [-0.25, -0.2) is 4.79 Å². The molecule has 1 heterocycles. The number of carboxylic acids is 1. The van der Waals surface area contributed by atoms with Gasteiger partial charge in [0.2, 0.25) is 0 Å². The largest absolute Gasteiger partial charge is 0.480 e. The Morgan fingerprint density at radius 3 is 2.81 bits per heavy atom. The van der Waals surface area contributed by atoms with Gasteiger partial charge in [-0.3, -0.25) is 10.1 Å². The summed E-state index contributed by atoms with van der Waals surface area (Å²) in [4.78, 5) is 24.1. The fourth-order valence-electron chi connectivity index (χ4n) is 2.83. The van der Waals surface area contributed by atoms with E-state index in [1.54, 1.807) is 17.0 Å². The van der Waals surface area contributed by atoms with E-state index in [1.165, 1.54) is 0 Å². The van der Waals surface area contributed by atoms with Gasteiger partial charge in [0.1, 0.15) is 11.7 Å². The molecular weight excluding hydrogens is 272 g/mol. The standard InChI is InChI=1S/C15H20N2O4/c1-2-11-7-8-12(14(10-11)17(20)21)16-9-5-3-4-6-13(16)15(18)19/h7-8,10,13H,2-6,9H2,1H3,(H,18,19). The number of nitro groups is 1. The molecule has 0 radical (unpaired) electrons. The summed E-state index contributed by atoms with van der Waals surface area (Å²) in [6.45, 7) is 2.48. The van der Waals surface area contributed by atoms with Crippen LogP contribution in [0.3, 0.4) is 0 Å². The lowest BCUT2D eigenvalue weighted by Gasteiger charge is -2.28. The van der Waals surface area contributed by atoms with E-state index in [0.29, 0.717) is 25.1 Å². The molecule has 1 aromatic carbocycles. The fourth-order valence-corrected chi connectivity index (χ4v) is 2.83. The highest BCUT2D eigenvalue weighted by Gasteiger charge is 2.31. The van der Waals surface area contributed by atoms with Crippen LogP contribution in [-0.4, -0.2) is 28.6 Å². The van der Waals surface area contributed by atoms with Crippen LogP contribution in [0.15, 0.2) is 18.2 Å². The third kappa shape index (κ3) is 3.32. The number of hydrogen-bond donors (Lipinski definition) is 1. The molecule has 114 valence electrons. The average Bonchev–Trinajstić information content (AvgIpc) is 2.72. The number of aryl methyl sites for hydroxylation is 1. The van der Waals surface area contributed by atoms with Crippen molar-refractivity contribution >= 4 is 17.3 Å². The van der Waals surface area contributed by atoms with Crippen molar-refractivity contribution in [2.24, 2.45) is 0 Å². The maximum Gasteiger partial charge on any atom is 0.326 e. The molecule has 1 fully saturated rings. The zero-order chi connectivity index (χ0) is 15.4. The quantitative estimate of drug-likeness (QED) is 0.681. The molecule has 2 rings (SSSR count). The Bertz CT molecular complexity index is 544. The lowest BCUT2D eigenvalue weighted by atomic mass is 10.1. The van der Waals surface area contributed by atoms with E-state index in [0.717, 1.165) is 24.8 Å². The molecule has 6 nitrogen and oxygen atoms in total. The van der Waals surface area contributed by atoms with Crippen LogP contribution in [-0.2, 0) is 11.2 Å². The van der Waals surface area contributed by atoms with Crippen LogP contribution in [0.25, 0.3) is 0 Å². The highest BCUT2D eigenvalue weighted by Crippen LogP contribution is 2.33. The molecule has 0 aromatic heterocycles. The summed E-state index contributed by atoms with van der Waals surface area (Å²) in [5.41, 5.74) is 1.31. The van der Waals surface area contributed by atoms with Crippen molar-refractivity contribution in [1.29, 1.82) is 0 Å². The number of aliphatic carboxylic acids is 1. The van der Waals surface area contributed by atoms with Crippen molar-refractivity contribution in [2.45, 2.75) is 45.1 Å². The van der Waals surface area contributed by atoms with Crippen LogP contribution in [0.5, 0.6) is 0 Å². The minimum atomic E-state index is -0.911. The molecule has 1 unspecified atom stereocenters. The first-order chi connectivity index (χ1) is 10.0. The second-order valence-electron chi connectivity index (χ2n) is 5.33. The van der Waals surface area contributed by atoms with Crippen molar-refractivity contribution in [1.82, 2.24) is 0 Å². The van der Waals surface area contributed by atoms with Crippen LogP contribution in [0.4, 0.5) is 11.4 Å². The van der Waals surface area contributed by atoms with Crippen molar-refractivity contribution in [2.75, 3.05) is 11.4 Å². The summed E-state index contributed by atoms with van der Waals surface area (Å²) in [6, 6.07) is 4.41. The lowest BCUT2D eigenvalue weighted by molar-refractivity contribution is -0.384. The van der Waals surface area contributed by atoms with Crippen molar-refractivity contribution < 1.29 is 14.8 Å². The fraction of sp³-hybridized carbons (Fsp3) is 0.533. The number of nitro benzene ring substituents is 1. The summed E-state index contributed by atoms with van der Waals surface area (Å²) in [5, 5.41) is 20.7. The average molecular weight is 292 g/mol. The van der Waals surface area contributed by atoms with Gasteiger partial charge in [-0.2, -0.15) is 0 Å². The summed E-state index contributed by atoms with van der Waals surface area (Å²) in [5.74, 6) is -0.911. The maximum atomic E-state index is 11.5. The minimum Gasteiger partial charge on any atom is -0.480 e. The number of benzene rings is 1. The molecule has 1 saturated heterocycles. The van der Waals surface area contributed by atoms with Crippen LogP contribution >= 0.6 is 0 Å². The lowest BCUT2D eigenvalue weighted by Crippen LogP contribution is -2.41. The molecule has 0 aliphatic carbocycles. The molecule has 0 amide bonds. The zero-order valence-corrected chi connectivity index (χ0v) is 12.1. The van der Waals surface area contributed by atoms with Gasteiger partial charge in [-0.1, -0.05) is 25.8 Å². The predicted molar refractivity (Wildman–Crippen MR) is 79.7 cm³/mol. The van der Waals surface area contributed by atoms with Crippen LogP contribution in [0.1, 0.15) is 38.2 Å². The SMILES string of the molecule is CCc1ccc(N2CCCCCC2C(=O)O)c([N+](=O)[O-])c1. The predicted octanol–water partition coefficient (Wildman–Crippen LogP) is 2.99. The first kappa shape index (κ1) is 15.3. The molecule has 1 aliphatic rings. The maximum absolute atomic E-state index is 11.5. The van der Waals surface area contributed by atoms with Gasteiger partial charge >= 0.3 is 5.97 Å². The second kappa shape index (κ2) is 6.56. The van der Waals surface area contributed by atoms with Crippen molar-refractivity contribution in [3.63, 3.8) is 0 Å². The Kier molecular flexibility index (Phi) is 4.77. The minimum absolute atomic E-state index is 0.00231. The van der Waals surface area contributed by atoms with Crippen LogP contribution in [0, 0.1) is 10.1 Å². The second-order valence-corrected chi connectivity index (χ2v) is 5.33. The van der Waals surface area contributed by atoms with Gasteiger partial charge in [0.15, 0.2) is 0 Å². The molecule has 1 N–H and O–H groups in total. The Balaban J connectivity index is 2.46. The van der Waals surface area contributed by atoms with E-state index in [2.05, 4.69) is 0 Å². The Morgan fingerprint density at radius 2 is 2.19 bits per heavy atom. The van der Waals surface area contributed by atoms with E-state index in [4.69, 9.17) is 0 Å². The number of rotatable bonds is 4. The molecule has 21 heavy (non-hydrogen) atoms. The Hall–Kier alpha value is -2.11. The zero-order valence-electron chi connectivity index (χ0n) is 12.1. The third-order valence-electron chi connectivity index (χ3n) is 3.99. The molecule has 6 heteroatoms. The number of carbonyl (C=O) groups is 1. The highest BCUT2D eigenvalue weighted by molar-refractivity contribution is 5.80. The number of carboxylic acid groups (broad SMARTS) is 1. The highest BCUT2D eigenvalue weighted by atomic mass is 16.6. The van der Waals surface area contributed by atoms with Crippen molar-refractivity contribution in [3.8, 4) is 0 Å². The van der Waals surface area contributed by atoms with Gasteiger partial charge in [0.05, 0.1) is 4.92 Å². The molecule has 1 aliphatic heterocycles. The summed E-state index contributed by atoms with van der Waals surface area (Å²) < 4.78 is 0. The summed E-state index contributed by atoms with van der Waals surface area (Å²) in [6.07, 6.45) is 3.90. The monoisotopic (exact) mass is 292 g/mol. The smallest absolute Gasteiger partial charge is 0.326 e. The van der Waals surface area contributed by atoms with E-state index in [-0.39, 0.29) is 5.69 Å². The van der Waals surface area contributed by atoms with E-state index in [9.17, 15) is 20.0 Å². The normalized spacial score (nSPS) is 19.1. The number of nitrogens with zero attached hydrogens (tertiary/aromatic N) is 2. The Labute approximate surface area is 123 Å². The van der Waals surface area contributed by atoms with Crippen molar-refractivity contribution in [3.05, 3.63) is 33.9 Å². The Morgan fingerprint density at radius 1 is 1.43 bits per heavy atom. The van der Waals surface area contributed by atoms with Gasteiger partial charge in [-0.05, 0) is 30.9 Å². The summed E-state index contributed by atoms with van der Waals surface area (Å²) >= 11 is 0. The van der Waals surface area contributed by atoms with E-state index in [1.807, 2.05) is 13.0 Å². The number of hydrogen-bond acceptors (Lipinski definition) is 4. The summed E-state index contributed by atoms with van der Waals surface area (Å²) in [7, 11) is 0. The van der Waals surface area contributed by atoms with E-state index < -0.39 is 16.9 Å². The van der Waals surface area contributed by atoms with Gasteiger partial charge in [0, 0.05) is 12.6 Å². The molecular formula is C15H20N2O4. The number of anilines is 1. The first-order valence-electron chi connectivity index (χ1n) is 7.31.